The second kappa shape index (κ2) is 5.58. The van der Waals surface area contributed by atoms with E-state index in [0.717, 1.165) is 25.8 Å². The van der Waals surface area contributed by atoms with Crippen LogP contribution in [0, 0.1) is 6.92 Å². The molecule has 98 valence electrons. The van der Waals surface area contributed by atoms with Gasteiger partial charge in [0.1, 0.15) is 0 Å². The van der Waals surface area contributed by atoms with Gasteiger partial charge < -0.3 is 10.6 Å². The number of piperidine rings is 1. The van der Waals surface area contributed by atoms with Gasteiger partial charge in [0, 0.05) is 6.92 Å². The summed E-state index contributed by atoms with van der Waals surface area (Å²) in [7, 11) is 0. The van der Waals surface area contributed by atoms with Gasteiger partial charge >= 0.3 is 0 Å². The molecule has 1 unspecified atom stereocenters. The van der Waals surface area contributed by atoms with E-state index in [1.165, 1.54) is 18.3 Å². The highest BCUT2D eigenvalue weighted by molar-refractivity contribution is 7.17. The van der Waals surface area contributed by atoms with Gasteiger partial charge in [-0.1, -0.05) is 17.8 Å². The molecule has 0 bridgehead atoms. The minimum Gasteiger partial charge on any atom is -0.306 e. The van der Waals surface area contributed by atoms with Gasteiger partial charge in [0.25, 0.3) is 0 Å². The summed E-state index contributed by atoms with van der Waals surface area (Å²) in [5.74, 6) is -0.0696. The van der Waals surface area contributed by atoms with Crippen LogP contribution in [0.2, 0.25) is 0 Å². The Hall–Kier alpha value is -1.27. The first kappa shape index (κ1) is 13.2. The summed E-state index contributed by atoms with van der Waals surface area (Å²) in [4.78, 5) is 28.1. The van der Waals surface area contributed by atoms with Crippen molar-refractivity contribution in [2.75, 3.05) is 11.9 Å². The Kier molecular flexibility index (Phi) is 4.08. The monoisotopic (exact) mass is 267 g/mol. The molecule has 6 heteroatoms. The molecule has 1 saturated heterocycles. The summed E-state index contributed by atoms with van der Waals surface area (Å²) < 4.78 is 0. The number of anilines is 1. The van der Waals surface area contributed by atoms with E-state index in [0.29, 0.717) is 15.7 Å². The van der Waals surface area contributed by atoms with Crippen LogP contribution in [-0.4, -0.2) is 29.3 Å². The molecule has 0 aliphatic carbocycles. The Morgan fingerprint density at radius 3 is 2.78 bits per heavy atom. The van der Waals surface area contributed by atoms with Crippen molar-refractivity contribution >= 4 is 28.2 Å². The summed E-state index contributed by atoms with van der Waals surface area (Å²) in [6, 6.07) is -0.135. The van der Waals surface area contributed by atoms with Gasteiger partial charge in [0.05, 0.1) is 16.6 Å². The second-order valence-electron chi connectivity index (χ2n) is 4.48. The predicted octanol–water partition coefficient (Wildman–Crippen LogP) is 1.73. The van der Waals surface area contributed by atoms with Gasteiger partial charge in [-0.05, 0) is 26.3 Å². The van der Waals surface area contributed by atoms with Crippen LogP contribution in [0.1, 0.15) is 41.6 Å². The molecule has 1 atom stereocenters. The molecule has 5 nitrogen and oxygen atoms in total. The first-order chi connectivity index (χ1) is 8.58. The number of nitrogens with one attached hydrogen (secondary N) is 2. The molecule has 1 amide bonds. The van der Waals surface area contributed by atoms with Crippen LogP contribution in [0.25, 0.3) is 0 Å². The van der Waals surface area contributed by atoms with E-state index in [4.69, 9.17) is 0 Å². The normalized spacial score (nSPS) is 19.6. The van der Waals surface area contributed by atoms with E-state index in [1.807, 2.05) is 0 Å². The summed E-state index contributed by atoms with van der Waals surface area (Å²) in [6.07, 6.45) is 3.05. The van der Waals surface area contributed by atoms with Gasteiger partial charge in [-0.2, -0.15) is 0 Å². The highest BCUT2D eigenvalue weighted by atomic mass is 32.1. The minimum atomic E-state index is -0.135. The van der Waals surface area contributed by atoms with Crippen molar-refractivity contribution < 1.29 is 9.59 Å². The van der Waals surface area contributed by atoms with Crippen molar-refractivity contribution in [3.63, 3.8) is 0 Å². The lowest BCUT2D eigenvalue weighted by Crippen LogP contribution is -2.43. The fourth-order valence-corrected chi connectivity index (χ4v) is 2.91. The number of amides is 1. The third-order valence-corrected chi connectivity index (χ3v) is 4.15. The van der Waals surface area contributed by atoms with E-state index in [2.05, 4.69) is 15.6 Å². The van der Waals surface area contributed by atoms with Crippen LogP contribution in [0.15, 0.2) is 0 Å². The summed E-state index contributed by atoms with van der Waals surface area (Å²) in [5, 5.41) is 6.47. The maximum absolute atomic E-state index is 12.0. The van der Waals surface area contributed by atoms with Crippen molar-refractivity contribution in [2.45, 2.75) is 39.2 Å². The number of hydrogen-bond acceptors (Lipinski definition) is 5. The Morgan fingerprint density at radius 1 is 1.44 bits per heavy atom. The Balaban J connectivity index is 2.02. The molecule has 2 N–H and O–H groups in total. The van der Waals surface area contributed by atoms with Gasteiger partial charge in [0.15, 0.2) is 10.9 Å². The molecular weight excluding hydrogens is 250 g/mol. The highest BCUT2D eigenvalue weighted by Gasteiger charge is 2.22. The number of thiazole rings is 1. The number of aromatic nitrogens is 1. The Bertz CT molecular complexity index is 464. The third kappa shape index (κ3) is 2.94. The van der Waals surface area contributed by atoms with E-state index < -0.39 is 0 Å². The van der Waals surface area contributed by atoms with Crippen molar-refractivity contribution in [1.82, 2.24) is 10.3 Å². The molecule has 0 aromatic carbocycles. The molecule has 1 aliphatic heterocycles. The number of carbonyl (C=O) groups excluding carboxylic acids is 2. The lowest BCUT2D eigenvalue weighted by molar-refractivity contribution is -0.118. The first-order valence-electron chi connectivity index (χ1n) is 6.10. The molecular formula is C12H17N3O2S. The van der Waals surface area contributed by atoms with E-state index in [-0.39, 0.29) is 17.7 Å². The lowest BCUT2D eigenvalue weighted by Gasteiger charge is -2.21. The van der Waals surface area contributed by atoms with Crippen LogP contribution in [0.4, 0.5) is 5.13 Å². The molecule has 0 saturated carbocycles. The molecule has 2 rings (SSSR count). The molecule has 0 spiro atoms. The number of carbonyl (C=O) groups is 2. The molecule has 18 heavy (non-hydrogen) atoms. The SMILES string of the molecule is CC(=O)c1sc(NC(=O)C2CCCCN2)nc1C. The van der Waals surface area contributed by atoms with Gasteiger partial charge in [0.2, 0.25) is 5.91 Å². The number of nitrogens with zero attached hydrogens (tertiary/aromatic N) is 1. The summed E-state index contributed by atoms with van der Waals surface area (Å²) in [6.45, 7) is 4.17. The smallest absolute Gasteiger partial charge is 0.243 e. The fourth-order valence-electron chi connectivity index (χ4n) is 2.04. The van der Waals surface area contributed by atoms with Gasteiger partial charge in [-0.3, -0.25) is 9.59 Å². The van der Waals surface area contributed by atoms with Gasteiger partial charge in [-0.25, -0.2) is 4.98 Å². The average Bonchev–Trinajstić information content (AvgIpc) is 2.71. The standard InChI is InChI=1S/C12H17N3O2S/c1-7-10(8(2)16)18-12(14-7)15-11(17)9-5-3-4-6-13-9/h9,13H,3-6H2,1-2H3,(H,14,15,17). The summed E-state index contributed by atoms with van der Waals surface area (Å²) >= 11 is 1.24. The van der Waals surface area contributed by atoms with E-state index in [1.54, 1.807) is 6.92 Å². The first-order valence-corrected chi connectivity index (χ1v) is 6.92. The molecule has 1 aromatic heterocycles. The zero-order valence-corrected chi connectivity index (χ0v) is 11.4. The number of rotatable bonds is 3. The van der Waals surface area contributed by atoms with E-state index in [9.17, 15) is 9.59 Å². The average molecular weight is 267 g/mol. The zero-order valence-electron chi connectivity index (χ0n) is 10.6. The quantitative estimate of drug-likeness (QED) is 0.818. The maximum Gasteiger partial charge on any atom is 0.243 e. The number of hydrogen-bond donors (Lipinski definition) is 2. The van der Waals surface area contributed by atoms with Crippen LogP contribution < -0.4 is 10.6 Å². The number of aryl methyl sites for hydroxylation is 1. The molecule has 0 radical (unpaired) electrons. The van der Waals surface area contributed by atoms with Crippen molar-refractivity contribution in [1.29, 1.82) is 0 Å². The second-order valence-corrected chi connectivity index (χ2v) is 5.48. The van der Waals surface area contributed by atoms with Crippen LogP contribution in [0.5, 0.6) is 0 Å². The molecule has 2 heterocycles. The van der Waals surface area contributed by atoms with E-state index >= 15 is 0 Å². The minimum absolute atomic E-state index is 0.0127. The van der Waals surface area contributed by atoms with Crippen LogP contribution in [0.3, 0.4) is 0 Å². The topological polar surface area (TPSA) is 71.1 Å². The van der Waals surface area contributed by atoms with Crippen molar-refractivity contribution in [3.05, 3.63) is 10.6 Å². The lowest BCUT2D eigenvalue weighted by atomic mass is 10.0. The summed E-state index contributed by atoms with van der Waals surface area (Å²) in [5.41, 5.74) is 0.680. The van der Waals surface area contributed by atoms with Crippen molar-refractivity contribution in [2.24, 2.45) is 0 Å². The Morgan fingerprint density at radius 2 is 2.22 bits per heavy atom. The third-order valence-electron chi connectivity index (χ3n) is 2.97. The van der Waals surface area contributed by atoms with Gasteiger partial charge in [-0.15, -0.1) is 0 Å². The molecule has 1 aromatic rings. The highest BCUT2D eigenvalue weighted by Crippen LogP contribution is 2.23. The number of ketones is 1. The van der Waals surface area contributed by atoms with Crippen LogP contribution >= 0.6 is 11.3 Å². The molecule has 1 fully saturated rings. The van der Waals surface area contributed by atoms with Crippen LogP contribution in [-0.2, 0) is 4.79 Å². The van der Waals surface area contributed by atoms with Crippen molar-refractivity contribution in [3.8, 4) is 0 Å². The number of Topliss-reactive ketones (excluding diaryl/α,β-unsaturated/α-hetero) is 1. The Labute approximate surface area is 110 Å². The zero-order chi connectivity index (χ0) is 13.1. The maximum atomic E-state index is 12.0. The molecule has 1 aliphatic rings. The fraction of sp³-hybridized carbons (Fsp3) is 0.583. The largest absolute Gasteiger partial charge is 0.306 e. The predicted molar refractivity (Wildman–Crippen MR) is 71.1 cm³/mol.